The monoisotopic (exact) mass is 533 g/mol. The van der Waals surface area contributed by atoms with Gasteiger partial charge in [-0.3, -0.25) is 0 Å². The van der Waals surface area contributed by atoms with Crippen LogP contribution in [0.25, 0.3) is 0 Å². The smallest absolute Gasteiger partial charge is 0.101 e. The standard InChI is InChI=1S/C36H72N2/c1-4-7-10-13-16-18-19-20-21-24-27-30-33-38-35-34-37(32-29-26-23-15-12-9-6-3)36(38)31-28-25-22-17-14-11-8-5-2/h34-36H,4-33H2,1-3H3. The van der Waals surface area contributed by atoms with Gasteiger partial charge in [0.05, 0.1) is 0 Å². The van der Waals surface area contributed by atoms with Gasteiger partial charge in [-0.15, -0.1) is 0 Å². The van der Waals surface area contributed by atoms with Crippen molar-refractivity contribution in [2.75, 3.05) is 13.1 Å². The number of nitrogens with zero attached hydrogens (tertiary/aromatic N) is 2. The zero-order valence-electron chi connectivity index (χ0n) is 26.8. The van der Waals surface area contributed by atoms with Crippen LogP contribution in [0.3, 0.4) is 0 Å². The van der Waals surface area contributed by atoms with Crippen molar-refractivity contribution in [1.29, 1.82) is 0 Å². The van der Waals surface area contributed by atoms with Gasteiger partial charge in [0.1, 0.15) is 6.17 Å². The normalized spacial score (nSPS) is 15.3. The number of rotatable bonds is 30. The number of hydrogen-bond donors (Lipinski definition) is 0. The first-order valence-corrected chi connectivity index (χ1v) is 18.0. The number of unbranched alkanes of at least 4 members (excludes halogenated alkanes) is 24. The first kappa shape index (κ1) is 35.4. The Kier molecular flexibility index (Phi) is 26.0. The lowest BCUT2D eigenvalue weighted by atomic mass is 10.0. The first-order valence-electron chi connectivity index (χ1n) is 18.0. The molecule has 1 aliphatic rings. The van der Waals surface area contributed by atoms with Gasteiger partial charge in [-0.25, -0.2) is 0 Å². The predicted molar refractivity (Wildman–Crippen MR) is 173 cm³/mol. The second-order valence-corrected chi connectivity index (χ2v) is 12.5. The van der Waals surface area contributed by atoms with Gasteiger partial charge in [0.15, 0.2) is 0 Å². The average molecular weight is 533 g/mol. The fraction of sp³-hybridized carbons (Fsp3) is 0.944. The van der Waals surface area contributed by atoms with Crippen molar-refractivity contribution in [3.63, 3.8) is 0 Å². The summed E-state index contributed by atoms with van der Waals surface area (Å²) < 4.78 is 0. The maximum atomic E-state index is 2.71. The van der Waals surface area contributed by atoms with E-state index in [4.69, 9.17) is 0 Å². The Morgan fingerprint density at radius 2 is 0.605 bits per heavy atom. The predicted octanol–water partition coefficient (Wildman–Crippen LogP) is 12.4. The lowest BCUT2D eigenvalue weighted by molar-refractivity contribution is 0.135. The van der Waals surface area contributed by atoms with E-state index in [1.807, 2.05) is 0 Å². The number of hydrogen-bond acceptors (Lipinski definition) is 2. The summed E-state index contributed by atoms with van der Waals surface area (Å²) in [6, 6.07) is 0. The fourth-order valence-corrected chi connectivity index (χ4v) is 6.19. The van der Waals surface area contributed by atoms with E-state index in [-0.39, 0.29) is 0 Å². The summed E-state index contributed by atoms with van der Waals surface area (Å²) in [7, 11) is 0. The van der Waals surface area contributed by atoms with Gasteiger partial charge < -0.3 is 9.80 Å². The summed E-state index contributed by atoms with van der Waals surface area (Å²) in [5.74, 6) is 0. The van der Waals surface area contributed by atoms with Crippen molar-refractivity contribution < 1.29 is 0 Å². The minimum Gasteiger partial charge on any atom is -0.356 e. The molecule has 0 aliphatic carbocycles. The molecule has 226 valence electrons. The van der Waals surface area contributed by atoms with E-state index in [9.17, 15) is 0 Å². The molecule has 1 atom stereocenters. The molecular weight excluding hydrogens is 460 g/mol. The van der Waals surface area contributed by atoms with Crippen LogP contribution in [-0.2, 0) is 0 Å². The van der Waals surface area contributed by atoms with Crippen LogP contribution in [0.2, 0.25) is 0 Å². The second kappa shape index (κ2) is 27.9. The Morgan fingerprint density at radius 1 is 0.342 bits per heavy atom. The third-order valence-corrected chi connectivity index (χ3v) is 8.82. The highest BCUT2D eigenvalue weighted by Crippen LogP contribution is 2.24. The fourth-order valence-electron chi connectivity index (χ4n) is 6.19. The summed E-state index contributed by atoms with van der Waals surface area (Å²) in [4.78, 5) is 5.41. The van der Waals surface area contributed by atoms with Crippen molar-refractivity contribution in [1.82, 2.24) is 9.80 Å². The molecule has 0 saturated carbocycles. The van der Waals surface area contributed by atoms with E-state index in [2.05, 4.69) is 43.0 Å². The van der Waals surface area contributed by atoms with Crippen LogP contribution in [-0.4, -0.2) is 29.1 Å². The van der Waals surface area contributed by atoms with E-state index in [0.29, 0.717) is 6.17 Å². The van der Waals surface area contributed by atoms with Gasteiger partial charge in [0.2, 0.25) is 0 Å². The third kappa shape index (κ3) is 20.3. The van der Waals surface area contributed by atoms with E-state index >= 15 is 0 Å². The molecule has 0 spiro atoms. The molecule has 1 aliphatic heterocycles. The Bertz CT molecular complexity index is 488. The van der Waals surface area contributed by atoms with Crippen LogP contribution in [0.1, 0.15) is 201 Å². The summed E-state index contributed by atoms with van der Waals surface area (Å²) in [6.07, 6.45) is 45.5. The van der Waals surface area contributed by atoms with Gasteiger partial charge in [0, 0.05) is 25.5 Å². The summed E-state index contributed by atoms with van der Waals surface area (Å²) in [5, 5.41) is 0. The van der Waals surface area contributed by atoms with Gasteiger partial charge >= 0.3 is 0 Å². The third-order valence-electron chi connectivity index (χ3n) is 8.82. The maximum absolute atomic E-state index is 2.71. The van der Waals surface area contributed by atoms with Crippen LogP contribution in [0.5, 0.6) is 0 Å². The zero-order chi connectivity index (χ0) is 27.4. The van der Waals surface area contributed by atoms with Crippen LogP contribution >= 0.6 is 0 Å². The molecule has 0 aromatic heterocycles. The van der Waals surface area contributed by atoms with Crippen LogP contribution < -0.4 is 0 Å². The largest absolute Gasteiger partial charge is 0.356 e. The molecule has 2 heteroatoms. The summed E-state index contributed by atoms with van der Waals surface area (Å²) in [5.41, 5.74) is 0. The molecule has 1 rings (SSSR count). The van der Waals surface area contributed by atoms with E-state index in [1.165, 1.54) is 193 Å². The minimum atomic E-state index is 0.642. The van der Waals surface area contributed by atoms with Crippen molar-refractivity contribution in [2.24, 2.45) is 0 Å². The Hall–Kier alpha value is -0.660. The first-order chi connectivity index (χ1) is 18.8. The van der Waals surface area contributed by atoms with Gasteiger partial charge in [-0.1, -0.05) is 175 Å². The highest BCUT2D eigenvalue weighted by atomic mass is 15.4. The molecular formula is C36H72N2. The molecule has 0 aromatic carbocycles. The maximum Gasteiger partial charge on any atom is 0.101 e. The quantitative estimate of drug-likeness (QED) is 0.0848. The highest BCUT2D eigenvalue weighted by molar-refractivity contribution is 4.97. The van der Waals surface area contributed by atoms with E-state index in [0.717, 1.165) is 0 Å². The minimum absolute atomic E-state index is 0.642. The van der Waals surface area contributed by atoms with Crippen LogP contribution in [0.4, 0.5) is 0 Å². The van der Waals surface area contributed by atoms with Crippen LogP contribution in [0, 0.1) is 0 Å². The van der Waals surface area contributed by atoms with Crippen molar-refractivity contribution in [2.45, 2.75) is 207 Å². The molecule has 0 radical (unpaired) electrons. The van der Waals surface area contributed by atoms with E-state index in [1.54, 1.807) is 0 Å². The topological polar surface area (TPSA) is 6.48 Å². The molecule has 0 N–H and O–H groups in total. The molecule has 2 nitrogen and oxygen atoms in total. The molecule has 0 saturated heterocycles. The molecule has 0 fully saturated rings. The summed E-state index contributed by atoms with van der Waals surface area (Å²) in [6.45, 7) is 9.47. The SMILES string of the molecule is CCCCCCCCCCCCCCN1C=CN(CCCCCCCCC)C1CCCCCCCCCC. The van der Waals surface area contributed by atoms with Crippen molar-refractivity contribution >= 4 is 0 Å². The van der Waals surface area contributed by atoms with Gasteiger partial charge in [-0.2, -0.15) is 0 Å². The molecule has 1 unspecified atom stereocenters. The van der Waals surface area contributed by atoms with E-state index < -0.39 is 0 Å². The lowest BCUT2D eigenvalue weighted by Gasteiger charge is -2.33. The van der Waals surface area contributed by atoms with Crippen molar-refractivity contribution in [3.05, 3.63) is 12.4 Å². The lowest BCUT2D eigenvalue weighted by Crippen LogP contribution is -2.39. The molecule has 1 heterocycles. The Morgan fingerprint density at radius 3 is 0.921 bits per heavy atom. The molecule has 0 amide bonds. The van der Waals surface area contributed by atoms with Crippen LogP contribution in [0.15, 0.2) is 12.4 Å². The van der Waals surface area contributed by atoms with Crippen molar-refractivity contribution in [3.8, 4) is 0 Å². The Balaban J connectivity index is 2.22. The van der Waals surface area contributed by atoms with Gasteiger partial charge in [0.25, 0.3) is 0 Å². The average Bonchev–Trinajstić information content (AvgIpc) is 3.31. The summed E-state index contributed by atoms with van der Waals surface area (Å²) >= 11 is 0. The van der Waals surface area contributed by atoms with Gasteiger partial charge in [-0.05, 0) is 25.7 Å². The zero-order valence-corrected chi connectivity index (χ0v) is 26.8. The molecule has 0 aromatic rings. The molecule has 38 heavy (non-hydrogen) atoms. The second-order valence-electron chi connectivity index (χ2n) is 12.5. The highest BCUT2D eigenvalue weighted by Gasteiger charge is 2.24. The Labute approximate surface area is 241 Å². The molecule has 0 bridgehead atoms.